The number of hydrogen-bond donors (Lipinski definition) is 0. The summed E-state index contributed by atoms with van der Waals surface area (Å²) in [5.41, 5.74) is 2.69. The van der Waals surface area contributed by atoms with E-state index in [4.69, 9.17) is 0 Å². The summed E-state index contributed by atoms with van der Waals surface area (Å²) < 4.78 is 1.97. The molecule has 20 heavy (non-hydrogen) atoms. The molecule has 0 saturated heterocycles. The summed E-state index contributed by atoms with van der Waals surface area (Å²) in [7, 11) is 1.94. The molecule has 0 saturated carbocycles. The lowest BCUT2D eigenvalue weighted by molar-refractivity contribution is -0.682. The second-order valence-corrected chi connectivity index (χ2v) is 5.87. The second-order valence-electron chi connectivity index (χ2n) is 5.87. The minimum atomic E-state index is -0.281. The Morgan fingerprint density at radius 1 is 1.00 bits per heavy atom. The van der Waals surface area contributed by atoms with Crippen LogP contribution >= 0.6 is 0 Å². The summed E-state index contributed by atoms with van der Waals surface area (Å²) in [5, 5.41) is 11.0. The predicted octanol–water partition coefficient (Wildman–Crippen LogP) is 3.64. The van der Waals surface area contributed by atoms with E-state index in [0.717, 1.165) is 19.3 Å². The Hall–Kier alpha value is -1.45. The summed E-state index contributed by atoms with van der Waals surface area (Å²) >= 11 is 0. The van der Waals surface area contributed by atoms with E-state index in [-0.39, 0.29) is 10.6 Å². The quantitative estimate of drug-likeness (QED) is 0.447. The van der Waals surface area contributed by atoms with E-state index in [1.165, 1.54) is 56.2 Å². The zero-order chi connectivity index (χ0) is 14.4. The summed E-state index contributed by atoms with van der Waals surface area (Å²) in [6.07, 6.45) is 13.9. The molecule has 0 aromatic carbocycles. The molecule has 1 aromatic rings. The van der Waals surface area contributed by atoms with Crippen molar-refractivity contribution < 1.29 is 9.49 Å². The zero-order valence-corrected chi connectivity index (χ0v) is 12.4. The molecule has 0 atom stereocenters. The van der Waals surface area contributed by atoms with Crippen molar-refractivity contribution in [3.63, 3.8) is 0 Å². The van der Waals surface area contributed by atoms with Crippen molar-refractivity contribution in [2.75, 3.05) is 0 Å². The summed E-state index contributed by atoms with van der Waals surface area (Å²) in [6, 6.07) is 1.79. The fraction of sp³-hybridized carbons (Fsp3) is 0.688. The van der Waals surface area contributed by atoms with E-state index in [1.54, 1.807) is 12.3 Å². The van der Waals surface area contributed by atoms with Gasteiger partial charge in [-0.3, -0.25) is 10.1 Å². The standard InChI is InChI=1S/C16H25N2O2/c1-17-13-15(18(19)20)12-14-10-8-6-4-2-3-5-7-9-11-16(14)17/h12-13H,2-11H2,1H3/q+1. The number of nitro groups is 1. The first-order valence-corrected chi connectivity index (χ1v) is 7.84. The Labute approximate surface area is 121 Å². The van der Waals surface area contributed by atoms with E-state index in [2.05, 4.69) is 0 Å². The maximum atomic E-state index is 11.0. The maximum absolute atomic E-state index is 11.0. The molecule has 1 aliphatic rings. The van der Waals surface area contributed by atoms with Gasteiger partial charge in [0.1, 0.15) is 7.05 Å². The van der Waals surface area contributed by atoms with Gasteiger partial charge in [-0.2, -0.15) is 4.57 Å². The van der Waals surface area contributed by atoms with Crippen molar-refractivity contribution in [3.8, 4) is 0 Å². The minimum absolute atomic E-state index is 0.221. The molecule has 0 fully saturated rings. The van der Waals surface area contributed by atoms with Crippen molar-refractivity contribution in [3.05, 3.63) is 33.6 Å². The monoisotopic (exact) mass is 277 g/mol. The van der Waals surface area contributed by atoms with Gasteiger partial charge < -0.3 is 0 Å². The molecule has 1 aliphatic carbocycles. The second kappa shape index (κ2) is 7.36. The lowest BCUT2D eigenvalue weighted by atomic mass is 9.98. The Kier molecular flexibility index (Phi) is 5.50. The zero-order valence-electron chi connectivity index (χ0n) is 12.4. The maximum Gasteiger partial charge on any atom is 0.332 e. The highest BCUT2D eigenvalue weighted by Crippen LogP contribution is 2.20. The molecular formula is C16H25N2O2+. The molecule has 1 heterocycles. The molecule has 0 aliphatic heterocycles. The van der Waals surface area contributed by atoms with Crippen molar-refractivity contribution >= 4 is 5.69 Å². The van der Waals surface area contributed by atoms with Crippen molar-refractivity contribution in [1.82, 2.24) is 0 Å². The number of fused-ring (bicyclic) bond motifs is 1. The Balaban J connectivity index is 2.23. The van der Waals surface area contributed by atoms with Gasteiger partial charge in [0.2, 0.25) is 6.20 Å². The molecule has 0 unspecified atom stereocenters. The highest BCUT2D eigenvalue weighted by atomic mass is 16.6. The van der Waals surface area contributed by atoms with Gasteiger partial charge in [0.25, 0.3) is 0 Å². The van der Waals surface area contributed by atoms with E-state index in [0.29, 0.717) is 0 Å². The Bertz CT molecular complexity index is 472. The van der Waals surface area contributed by atoms with Crippen LogP contribution in [0.25, 0.3) is 0 Å². The summed E-state index contributed by atoms with van der Waals surface area (Å²) in [6.45, 7) is 0. The number of hydrogen-bond acceptors (Lipinski definition) is 2. The van der Waals surface area contributed by atoms with E-state index in [9.17, 15) is 10.1 Å². The van der Waals surface area contributed by atoms with E-state index >= 15 is 0 Å². The van der Waals surface area contributed by atoms with Gasteiger partial charge >= 0.3 is 5.69 Å². The minimum Gasteiger partial charge on any atom is -0.258 e. The molecule has 0 N–H and O–H groups in total. The lowest BCUT2D eigenvalue weighted by Crippen LogP contribution is -2.35. The number of rotatable bonds is 1. The topological polar surface area (TPSA) is 47.0 Å². The fourth-order valence-electron chi connectivity index (χ4n) is 3.12. The Morgan fingerprint density at radius 2 is 1.55 bits per heavy atom. The van der Waals surface area contributed by atoms with Crippen LogP contribution in [0.3, 0.4) is 0 Å². The molecule has 4 heteroatoms. The fourth-order valence-corrected chi connectivity index (χ4v) is 3.12. The lowest BCUT2D eigenvalue weighted by Gasteiger charge is -2.09. The highest BCUT2D eigenvalue weighted by molar-refractivity contribution is 5.31. The molecule has 2 rings (SSSR count). The van der Waals surface area contributed by atoms with E-state index < -0.39 is 0 Å². The van der Waals surface area contributed by atoms with Crippen molar-refractivity contribution in [2.45, 2.75) is 64.2 Å². The van der Waals surface area contributed by atoms with Crippen LogP contribution < -0.4 is 4.57 Å². The van der Waals surface area contributed by atoms with Gasteiger partial charge in [-0.25, -0.2) is 0 Å². The first-order chi connectivity index (χ1) is 9.68. The van der Waals surface area contributed by atoms with Gasteiger partial charge in [-0.05, 0) is 19.3 Å². The van der Waals surface area contributed by atoms with Crippen molar-refractivity contribution in [1.29, 1.82) is 0 Å². The van der Waals surface area contributed by atoms with Crippen LogP contribution in [0.5, 0.6) is 0 Å². The van der Waals surface area contributed by atoms with E-state index in [1.807, 2.05) is 11.6 Å². The van der Waals surface area contributed by atoms with Gasteiger partial charge in [0, 0.05) is 18.1 Å². The van der Waals surface area contributed by atoms with Gasteiger partial charge in [-0.1, -0.05) is 38.5 Å². The van der Waals surface area contributed by atoms with Crippen LogP contribution in [-0.2, 0) is 19.9 Å². The third-order valence-corrected chi connectivity index (χ3v) is 4.26. The normalized spacial score (nSPS) is 17.6. The van der Waals surface area contributed by atoms with Crippen LogP contribution in [0.1, 0.15) is 62.6 Å². The Morgan fingerprint density at radius 3 is 2.15 bits per heavy atom. The van der Waals surface area contributed by atoms with Gasteiger partial charge in [0.05, 0.1) is 4.92 Å². The van der Waals surface area contributed by atoms with Crippen LogP contribution in [0, 0.1) is 10.1 Å². The third-order valence-electron chi connectivity index (χ3n) is 4.26. The smallest absolute Gasteiger partial charge is 0.258 e. The molecule has 4 nitrogen and oxygen atoms in total. The number of nitrogens with zero attached hydrogens (tertiary/aromatic N) is 2. The van der Waals surface area contributed by atoms with Crippen LogP contribution in [0.4, 0.5) is 5.69 Å². The number of aromatic nitrogens is 1. The van der Waals surface area contributed by atoms with Gasteiger partial charge in [-0.15, -0.1) is 0 Å². The first-order valence-electron chi connectivity index (χ1n) is 7.84. The number of aryl methyl sites for hydroxylation is 2. The molecule has 0 bridgehead atoms. The van der Waals surface area contributed by atoms with Crippen LogP contribution in [0.15, 0.2) is 12.3 Å². The molecular weight excluding hydrogens is 252 g/mol. The van der Waals surface area contributed by atoms with Gasteiger partial charge in [0.15, 0.2) is 5.69 Å². The SMILES string of the molecule is C[n+]1cc([N+](=O)[O-])cc2c1CCCCCCCCCC2. The number of pyridine rings is 1. The predicted molar refractivity (Wildman–Crippen MR) is 78.6 cm³/mol. The molecule has 1 aromatic heterocycles. The summed E-state index contributed by atoms with van der Waals surface area (Å²) in [5.74, 6) is 0. The average molecular weight is 277 g/mol. The average Bonchev–Trinajstić information content (AvgIpc) is 2.40. The largest absolute Gasteiger partial charge is 0.332 e. The summed E-state index contributed by atoms with van der Waals surface area (Å²) in [4.78, 5) is 10.7. The molecule has 0 radical (unpaired) electrons. The van der Waals surface area contributed by atoms with Crippen LogP contribution in [0.2, 0.25) is 0 Å². The molecule has 110 valence electrons. The van der Waals surface area contributed by atoms with Crippen molar-refractivity contribution in [2.24, 2.45) is 7.05 Å². The molecule has 0 amide bonds. The molecule has 0 spiro atoms. The first kappa shape index (κ1) is 14.9. The highest BCUT2D eigenvalue weighted by Gasteiger charge is 2.20. The third kappa shape index (κ3) is 4.02. The van der Waals surface area contributed by atoms with Crippen LogP contribution in [-0.4, -0.2) is 4.92 Å².